The summed E-state index contributed by atoms with van der Waals surface area (Å²) in [6.07, 6.45) is 2.67. The van der Waals surface area contributed by atoms with Crippen molar-refractivity contribution in [1.82, 2.24) is 5.32 Å². The lowest BCUT2D eigenvalue weighted by Crippen LogP contribution is -2.33. The third kappa shape index (κ3) is 4.20. The van der Waals surface area contributed by atoms with E-state index in [9.17, 15) is 9.59 Å². The number of likely N-dealkylation sites (N-methyl/N-ethyl adjacent to an activating group) is 1. The van der Waals surface area contributed by atoms with Crippen molar-refractivity contribution in [1.29, 1.82) is 0 Å². The van der Waals surface area contributed by atoms with Gasteiger partial charge in [-0.2, -0.15) is 0 Å². The van der Waals surface area contributed by atoms with Gasteiger partial charge in [0.15, 0.2) is 0 Å². The molecule has 6 heteroatoms. The van der Waals surface area contributed by atoms with Gasteiger partial charge in [-0.3, -0.25) is 9.59 Å². The summed E-state index contributed by atoms with van der Waals surface area (Å²) in [5, 5.41) is 3.55. The Kier molecular flexibility index (Phi) is 5.92. The number of carbonyl (C=O) groups is 2. The number of nitrogens with one attached hydrogen (secondary N) is 1. The second-order valence-electron chi connectivity index (χ2n) is 6.46. The molecule has 1 heterocycles. The number of hydrogen-bond acceptors (Lipinski definition) is 3. The van der Waals surface area contributed by atoms with Crippen LogP contribution in [0.15, 0.2) is 52.3 Å². The zero-order chi connectivity index (χ0) is 19.6. The maximum absolute atomic E-state index is 12.8. The fourth-order valence-corrected chi connectivity index (χ4v) is 3.95. The van der Waals surface area contributed by atoms with Crippen molar-refractivity contribution >= 4 is 46.9 Å². The van der Waals surface area contributed by atoms with Crippen LogP contribution in [0.3, 0.4) is 0 Å². The molecule has 27 heavy (non-hydrogen) atoms. The van der Waals surface area contributed by atoms with Crippen molar-refractivity contribution in [3.05, 3.63) is 63.5 Å². The van der Waals surface area contributed by atoms with Gasteiger partial charge < -0.3 is 10.2 Å². The summed E-state index contributed by atoms with van der Waals surface area (Å²) >= 11 is 7.60. The summed E-state index contributed by atoms with van der Waals surface area (Å²) in [5.74, 6) is -0.248. The Balaban J connectivity index is 1.91. The SMILES string of the molecule is CCC(C)NC(=O)c1ccc2c(c1)N(C)C(=O)/C(=C/c1ccccc1Cl)S2. The van der Waals surface area contributed by atoms with Crippen LogP contribution < -0.4 is 10.2 Å². The lowest BCUT2D eigenvalue weighted by molar-refractivity contribution is -0.114. The van der Waals surface area contributed by atoms with Gasteiger partial charge in [0.2, 0.25) is 0 Å². The van der Waals surface area contributed by atoms with Crippen LogP contribution in [0, 0.1) is 0 Å². The number of thioether (sulfide) groups is 1. The molecule has 2 amide bonds. The number of rotatable bonds is 4. The zero-order valence-electron chi connectivity index (χ0n) is 15.5. The van der Waals surface area contributed by atoms with Crippen molar-refractivity contribution < 1.29 is 9.59 Å². The van der Waals surface area contributed by atoms with Crippen LogP contribution in [-0.2, 0) is 4.79 Å². The van der Waals surface area contributed by atoms with E-state index in [0.717, 1.165) is 22.6 Å². The Morgan fingerprint density at radius 3 is 2.74 bits per heavy atom. The predicted molar refractivity (Wildman–Crippen MR) is 112 cm³/mol. The molecule has 4 nitrogen and oxygen atoms in total. The Morgan fingerprint density at radius 2 is 2.04 bits per heavy atom. The summed E-state index contributed by atoms with van der Waals surface area (Å²) in [6, 6.07) is 13.0. The van der Waals surface area contributed by atoms with Crippen LogP contribution in [0.5, 0.6) is 0 Å². The molecule has 0 radical (unpaired) electrons. The van der Waals surface area contributed by atoms with Crippen LogP contribution in [-0.4, -0.2) is 24.9 Å². The number of benzene rings is 2. The number of fused-ring (bicyclic) bond motifs is 1. The fraction of sp³-hybridized carbons (Fsp3) is 0.238. The number of anilines is 1. The molecule has 0 spiro atoms. The average Bonchev–Trinajstić information content (AvgIpc) is 2.67. The van der Waals surface area contributed by atoms with Gasteiger partial charge in [0.25, 0.3) is 11.8 Å². The third-order valence-electron chi connectivity index (χ3n) is 4.50. The fourth-order valence-electron chi connectivity index (χ4n) is 2.68. The van der Waals surface area contributed by atoms with Gasteiger partial charge in [-0.15, -0.1) is 0 Å². The normalized spacial score (nSPS) is 16.2. The van der Waals surface area contributed by atoms with Crippen molar-refractivity contribution in [2.45, 2.75) is 31.2 Å². The first-order valence-corrected chi connectivity index (χ1v) is 9.97. The molecule has 140 valence electrons. The largest absolute Gasteiger partial charge is 0.350 e. The average molecular weight is 401 g/mol. The van der Waals surface area contributed by atoms with Crippen molar-refractivity contribution in [2.24, 2.45) is 0 Å². The van der Waals surface area contributed by atoms with Crippen LogP contribution in [0.4, 0.5) is 5.69 Å². The van der Waals surface area contributed by atoms with Crippen LogP contribution in [0.1, 0.15) is 36.2 Å². The molecule has 0 bridgehead atoms. The van der Waals surface area contributed by atoms with Gasteiger partial charge in [-0.1, -0.05) is 48.5 Å². The van der Waals surface area contributed by atoms with Gasteiger partial charge in [0.1, 0.15) is 0 Å². The minimum absolute atomic E-state index is 0.104. The van der Waals surface area contributed by atoms with E-state index in [1.165, 1.54) is 11.8 Å². The van der Waals surface area contributed by atoms with Crippen LogP contribution in [0.2, 0.25) is 5.02 Å². The minimum Gasteiger partial charge on any atom is -0.350 e. The molecule has 2 aromatic rings. The molecule has 1 aliphatic rings. The quantitative estimate of drug-likeness (QED) is 0.736. The van der Waals surface area contributed by atoms with Gasteiger partial charge in [0, 0.05) is 28.6 Å². The second-order valence-corrected chi connectivity index (χ2v) is 7.95. The van der Waals surface area contributed by atoms with E-state index in [1.807, 2.05) is 38.1 Å². The van der Waals surface area contributed by atoms with Crippen molar-refractivity contribution in [3.8, 4) is 0 Å². The number of nitrogens with zero attached hydrogens (tertiary/aromatic N) is 1. The monoisotopic (exact) mass is 400 g/mol. The van der Waals surface area contributed by atoms with E-state index < -0.39 is 0 Å². The first-order valence-electron chi connectivity index (χ1n) is 8.77. The van der Waals surface area contributed by atoms with Crippen LogP contribution in [0.25, 0.3) is 6.08 Å². The minimum atomic E-state index is -0.129. The number of carbonyl (C=O) groups excluding carboxylic acids is 2. The first kappa shape index (κ1) is 19.5. The Morgan fingerprint density at radius 1 is 1.30 bits per heavy atom. The molecular formula is C21H21ClN2O2S. The smallest absolute Gasteiger partial charge is 0.264 e. The lowest BCUT2D eigenvalue weighted by Gasteiger charge is -2.27. The standard InChI is InChI=1S/C21H21ClN2O2S/c1-4-13(2)23-20(25)15-9-10-18-17(11-15)24(3)21(26)19(27-18)12-14-7-5-6-8-16(14)22/h5-13H,4H2,1-3H3,(H,23,25)/b19-12-. The lowest BCUT2D eigenvalue weighted by atomic mass is 10.1. The summed E-state index contributed by atoms with van der Waals surface area (Å²) in [4.78, 5) is 28.3. The van der Waals surface area contributed by atoms with Gasteiger partial charge in [-0.05, 0) is 49.2 Å². The van der Waals surface area contributed by atoms with Gasteiger partial charge in [0.05, 0.1) is 10.6 Å². The summed E-state index contributed by atoms with van der Waals surface area (Å²) in [5.41, 5.74) is 2.09. The van der Waals surface area contributed by atoms with Gasteiger partial charge >= 0.3 is 0 Å². The van der Waals surface area contributed by atoms with E-state index in [4.69, 9.17) is 11.6 Å². The van der Waals surface area contributed by atoms with E-state index in [1.54, 1.807) is 36.2 Å². The molecule has 0 aromatic heterocycles. The molecule has 1 atom stereocenters. The molecule has 0 saturated carbocycles. The highest BCUT2D eigenvalue weighted by Gasteiger charge is 2.27. The highest BCUT2D eigenvalue weighted by atomic mass is 35.5. The van der Waals surface area contributed by atoms with Crippen molar-refractivity contribution in [3.63, 3.8) is 0 Å². The zero-order valence-corrected chi connectivity index (χ0v) is 17.0. The summed E-state index contributed by atoms with van der Waals surface area (Å²) in [7, 11) is 1.72. The molecule has 1 unspecified atom stereocenters. The molecule has 3 rings (SSSR count). The van der Waals surface area contributed by atoms with Crippen LogP contribution >= 0.6 is 23.4 Å². The molecule has 1 N–H and O–H groups in total. The number of amides is 2. The number of hydrogen-bond donors (Lipinski definition) is 1. The summed E-state index contributed by atoms with van der Waals surface area (Å²) in [6.45, 7) is 3.99. The molecule has 0 fully saturated rings. The Hall–Kier alpha value is -2.24. The third-order valence-corrected chi connectivity index (χ3v) is 5.92. The maximum atomic E-state index is 12.8. The Labute approximate surface area is 168 Å². The number of halogens is 1. The molecule has 0 aliphatic carbocycles. The van der Waals surface area contributed by atoms with E-state index in [0.29, 0.717) is 15.5 Å². The first-order chi connectivity index (χ1) is 12.9. The highest BCUT2D eigenvalue weighted by Crippen LogP contribution is 2.42. The van der Waals surface area contributed by atoms with E-state index in [-0.39, 0.29) is 17.9 Å². The molecular weight excluding hydrogens is 380 g/mol. The van der Waals surface area contributed by atoms with E-state index in [2.05, 4.69) is 5.32 Å². The topological polar surface area (TPSA) is 49.4 Å². The molecule has 1 aliphatic heterocycles. The highest BCUT2D eigenvalue weighted by molar-refractivity contribution is 8.04. The van der Waals surface area contributed by atoms with Crippen molar-refractivity contribution in [2.75, 3.05) is 11.9 Å². The van der Waals surface area contributed by atoms with E-state index >= 15 is 0 Å². The maximum Gasteiger partial charge on any atom is 0.264 e. The predicted octanol–water partition coefficient (Wildman–Crippen LogP) is 4.98. The van der Waals surface area contributed by atoms with Gasteiger partial charge in [-0.25, -0.2) is 0 Å². The summed E-state index contributed by atoms with van der Waals surface area (Å²) < 4.78 is 0. The molecule has 2 aromatic carbocycles. The Bertz CT molecular complexity index is 926. The molecule has 0 saturated heterocycles. The second kappa shape index (κ2) is 8.19.